The summed E-state index contributed by atoms with van der Waals surface area (Å²) in [5.74, 6) is 2.59. The molecule has 0 aromatic heterocycles. The Labute approximate surface area is 290 Å². The van der Waals surface area contributed by atoms with Crippen LogP contribution in [-0.2, 0) is 0 Å². The molecule has 2 aromatic rings. The van der Waals surface area contributed by atoms with Gasteiger partial charge in [-0.15, -0.1) is 0 Å². The first-order valence-electron chi connectivity index (χ1n) is 18.6. The second kappa shape index (κ2) is 13.7. The van der Waals surface area contributed by atoms with E-state index in [0.717, 1.165) is 23.8 Å². The number of benzene rings is 2. The van der Waals surface area contributed by atoms with Crippen molar-refractivity contribution in [3.8, 4) is 17.2 Å². The monoisotopic (exact) mass is 654 g/mol. The topological polar surface area (TPSA) is 80.9 Å². The summed E-state index contributed by atoms with van der Waals surface area (Å²) in [6.07, 6.45) is 18.8. The second-order valence-corrected chi connectivity index (χ2v) is 17.3. The number of aliphatic hydroxyl groups excluding tert-OH is 1. The maximum atomic E-state index is 10.8. The molecule has 4 aliphatic rings. The number of phenolic OH excluding ortho intramolecular Hbond substituents is 3. The molecule has 4 aliphatic carbocycles. The van der Waals surface area contributed by atoms with E-state index in [-0.39, 0.29) is 28.8 Å². The Bertz CT molecular complexity index is 1520. The number of aliphatic hydroxyl groups is 1. The third kappa shape index (κ3) is 6.76. The van der Waals surface area contributed by atoms with Crippen LogP contribution < -0.4 is 0 Å². The second-order valence-electron chi connectivity index (χ2n) is 17.3. The van der Waals surface area contributed by atoms with Crippen LogP contribution in [0.2, 0.25) is 0 Å². The Kier molecular flexibility index (Phi) is 10.4. The molecule has 4 nitrogen and oxygen atoms in total. The molecule has 2 aromatic carbocycles. The van der Waals surface area contributed by atoms with E-state index in [9.17, 15) is 15.3 Å². The fraction of sp³-hybridized carbons (Fsp3) is 0.591. The van der Waals surface area contributed by atoms with Crippen LogP contribution in [0.15, 0.2) is 65.3 Å². The first-order chi connectivity index (χ1) is 22.5. The first-order valence-corrected chi connectivity index (χ1v) is 18.6. The molecule has 2 saturated carbocycles. The van der Waals surface area contributed by atoms with Crippen molar-refractivity contribution in [2.24, 2.45) is 39.4 Å². The summed E-state index contributed by atoms with van der Waals surface area (Å²) in [6.45, 7) is 19.6. The molecule has 262 valence electrons. The van der Waals surface area contributed by atoms with Crippen molar-refractivity contribution in [2.75, 3.05) is 0 Å². The predicted molar refractivity (Wildman–Crippen MR) is 200 cm³/mol. The zero-order chi connectivity index (χ0) is 35.1. The Balaban J connectivity index is 0.000000224. The highest BCUT2D eigenvalue weighted by Gasteiger charge is 2.63. The minimum atomic E-state index is -0.130. The molecular formula is C44H62O4. The van der Waals surface area contributed by atoms with E-state index in [1.165, 1.54) is 69.4 Å². The van der Waals surface area contributed by atoms with Crippen LogP contribution >= 0.6 is 0 Å². The van der Waals surface area contributed by atoms with Gasteiger partial charge in [-0.2, -0.15) is 0 Å². The molecule has 4 heteroatoms. The summed E-state index contributed by atoms with van der Waals surface area (Å²) in [6, 6.07) is 11.1. The van der Waals surface area contributed by atoms with Crippen molar-refractivity contribution >= 4 is 12.2 Å². The molecule has 0 heterocycles. The molecule has 7 unspecified atom stereocenters. The van der Waals surface area contributed by atoms with Gasteiger partial charge in [0, 0.05) is 6.07 Å². The van der Waals surface area contributed by atoms with E-state index >= 15 is 0 Å². The highest BCUT2D eigenvalue weighted by molar-refractivity contribution is 5.71. The molecule has 7 atom stereocenters. The lowest BCUT2D eigenvalue weighted by Gasteiger charge is -2.62. The molecule has 4 N–H and O–H groups in total. The Morgan fingerprint density at radius 3 is 2.06 bits per heavy atom. The fourth-order valence-electron chi connectivity index (χ4n) is 11.0. The predicted octanol–water partition coefficient (Wildman–Crippen LogP) is 11.5. The maximum absolute atomic E-state index is 10.8. The smallest absolute Gasteiger partial charge is 0.119 e. The van der Waals surface area contributed by atoms with Crippen molar-refractivity contribution in [3.05, 3.63) is 76.4 Å². The number of rotatable bonds is 6. The van der Waals surface area contributed by atoms with E-state index in [4.69, 9.17) is 5.11 Å². The van der Waals surface area contributed by atoms with Gasteiger partial charge in [0.05, 0.1) is 6.10 Å². The minimum absolute atomic E-state index is 0.0235. The summed E-state index contributed by atoms with van der Waals surface area (Å²) in [4.78, 5) is 0. The van der Waals surface area contributed by atoms with E-state index in [1.807, 2.05) is 17.2 Å². The average molecular weight is 655 g/mol. The van der Waals surface area contributed by atoms with Crippen LogP contribution in [-0.4, -0.2) is 26.5 Å². The van der Waals surface area contributed by atoms with Gasteiger partial charge in [0.2, 0.25) is 0 Å². The lowest BCUT2D eigenvalue weighted by Crippen LogP contribution is -2.55. The van der Waals surface area contributed by atoms with Crippen molar-refractivity contribution in [1.82, 2.24) is 0 Å². The molecule has 2 fully saturated rings. The highest BCUT2D eigenvalue weighted by atomic mass is 16.3. The third-order valence-corrected chi connectivity index (χ3v) is 13.9. The Hall–Kier alpha value is -2.98. The van der Waals surface area contributed by atoms with Gasteiger partial charge in [0.15, 0.2) is 0 Å². The molecule has 0 bridgehead atoms. The van der Waals surface area contributed by atoms with Crippen LogP contribution in [0, 0.1) is 39.4 Å². The minimum Gasteiger partial charge on any atom is -0.508 e. The van der Waals surface area contributed by atoms with Crippen LogP contribution in [0.3, 0.4) is 0 Å². The van der Waals surface area contributed by atoms with Gasteiger partial charge in [-0.1, -0.05) is 88.6 Å². The maximum Gasteiger partial charge on any atom is 0.119 e. The molecule has 0 saturated heterocycles. The van der Waals surface area contributed by atoms with Crippen LogP contribution in [0.1, 0.15) is 131 Å². The van der Waals surface area contributed by atoms with Crippen molar-refractivity contribution < 1.29 is 20.4 Å². The average Bonchev–Trinajstić information content (AvgIpc) is 3.30. The van der Waals surface area contributed by atoms with Gasteiger partial charge >= 0.3 is 0 Å². The largest absolute Gasteiger partial charge is 0.508 e. The van der Waals surface area contributed by atoms with Crippen molar-refractivity contribution in [1.29, 1.82) is 0 Å². The van der Waals surface area contributed by atoms with Gasteiger partial charge in [-0.3, -0.25) is 0 Å². The lowest BCUT2D eigenvalue weighted by atomic mass is 9.43. The van der Waals surface area contributed by atoms with Crippen LogP contribution in [0.5, 0.6) is 17.2 Å². The van der Waals surface area contributed by atoms with Crippen LogP contribution in [0.25, 0.3) is 12.2 Å². The Morgan fingerprint density at radius 1 is 0.771 bits per heavy atom. The van der Waals surface area contributed by atoms with Gasteiger partial charge in [-0.05, 0) is 153 Å². The summed E-state index contributed by atoms with van der Waals surface area (Å²) in [5.41, 5.74) is 8.04. The van der Waals surface area contributed by atoms with Gasteiger partial charge in [0.1, 0.15) is 17.2 Å². The summed E-state index contributed by atoms with van der Waals surface area (Å²) < 4.78 is 0. The highest BCUT2D eigenvalue weighted by Crippen LogP contribution is 2.72. The Morgan fingerprint density at radius 2 is 1.42 bits per heavy atom. The number of allylic oxidation sites excluding steroid dienone is 4. The van der Waals surface area contributed by atoms with Crippen LogP contribution in [0.4, 0.5) is 0 Å². The molecule has 0 aliphatic heterocycles. The zero-order valence-corrected chi connectivity index (χ0v) is 30.9. The normalized spacial score (nSPS) is 32.8. The molecule has 6 rings (SSSR count). The fourth-order valence-corrected chi connectivity index (χ4v) is 11.0. The molecule has 0 spiro atoms. The molecule has 0 radical (unpaired) electrons. The van der Waals surface area contributed by atoms with E-state index in [2.05, 4.69) is 61.5 Å². The van der Waals surface area contributed by atoms with Gasteiger partial charge in [-0.25, -0.2) is 0 Å². The summed E-state index contributed by atoms with van der Waals surface area (Å²) in [7, 11) is 0. The van der Waals surface area contributed by atoms with E-state index in [1.54, 1.807) is 42.5 Å². The lowest BCUT2D eigenvalue weighted by molar-refractivity contribution is -0.0962. The number of aromatic hydroxyl groups is 3. The SMILES string of the molecule is CC(C)=CCCC(C)C1CCC2(C)C3=C(CCC12C)C1(C)CCC(O)C(C)(C)C1CC3.Oc1ccc(C=Cc2cc(O)cc(O)c2)cc1. The number of hydrogen-bond donors (Lipinski definition) is 4. The molecule has 0 amide bonds. The van der Waals surface area contributed by atoms with E-state index in [0.29, 0.717) is 27.7 Å². The number of phenols is 3. The molecule has 48 heavy (non-hydrogen) atoms. The first kappa shape index (κ1) is 36.3. The number of hydrogen-bond acceptors (Lipinski definition) is 4. The number of fused-ring (bicyclic) bond motifs is 4. The van der Waals surface area contributed by atoms with Crippen molar-refractivity contribution in [3.63, 3.8) is 0 Å². The van der Waals surface area contributed by atoms with Gasteiger partial charge in [0.25, 0.3) is 0 Å². The zero-order valence-electron chi connectivity index (χ0n) is 30.9. The van der Waals surface area contributed by atoms with Gasteiger partial charge < -0.3 is 20.4 Å². The standard InChI is InChI=1S/C30H50O.C14H12O3/c1-20(2)10-9-11-21(3)22-14-18-30(8)24-12-13-25-27(4,5)26(31)16-17-28(25,6)23(24)15-19-29(22,30)7;15-12-5-3-10(4-6-12)1-2-11-7-13(16)9-14(17)8-11/h10,21-22,25-26,31H,9,11-19H2,1-8H3;1-9,15-17H. The van der Waals surface area contributed by atoms with Crippen molar-refractivity contribution in [2.45, 2.75) is 126 Å². The summed E-state index contributed by atoms with van der Waals surface area (Å²) >= 11 is 0. The third-order valence-electron chi connectivity index (χ3n) is 13.9. The van der Waals surface area contributed by atoms with E-state index < -0.39 is 0 Å². The summed E-state index contributed by atoms with van der Waals surface area (Å²) in [5, 5.41) is 38.5. The quantitative estimate of drug-likeness (QED) is 0.185. The molecular weight excluding hydrogens is 592 g/mol.